The summed E-state index contributed by atoms with van der Waals surface area (Å²) in [7, 11) is 0. The minimum Gasteiger partial charge on any atom is -0.465 e. The van der Waals surface area contributed by atoms with Crippen LogP contribution in [0.5, 0.6) is 0 Å². The van der Waals surface area contributed by atoms with Crippen molar-refractivity contribution >= 4 is 22.8 Å². The zero-order chi connectivity index (χ0) is 25.1. The van der Waals surface area contributed by atoms with Crippen molar-refractivity contribution in [2.45, 2.75) is 51.9 Å². The molecule has 0 fully saturated rings. The van der Waals surface area contributed by atoms with Crippen molar-refractivity contribution in [1.29, 1.82) is 0 Å². The van der Waals surface area contributed by atoms with Gasteiger partial charge in [0.05, 0.1) is 16.7 Å². The summed E-state index contributed by atoms with van der Waals surface area (Å²) in [6.45, 7) is 4.61. The minimum atomic E-state index is -0.939. The van der Waals surface area contributed by atoms with E-state index in [0.717, 1.165) is 59.6 Å². The molecular weight excluding hydrogens is 456 g/mol. The lowest BCUT2D eigenvalue weighted by atomic mass is 9.96. The van der Waals surface area contributed by atoms with Gasteiger partial charge in [0.15, 0.2) is 0 Å². The Morgan fingerprint density at radius 2 is 2.06 bits per heavy atom. The maximum atomic E-state index is 12.2. The summed E-state index contributed by atoms with van der Waals surface area (Å²) in [6.07, 6.45) is 6.60. The minimum absolute atomic E-state index is 0.0400. The Morgan fingerprint density at radius 3 is 2.83 bits per heavy atom. The van der Waals surface area contributed by atoms with Crippen molar-refractivity contribution in [3.63, 3.8) is 0 Å². The number of hydrogen-bond acceptors (Lipinski definition) is 5. The highest BCUT2D eigenvalue weighted by atomic mass is 16.4. The van der Waals surface area contributed by atoms with Gasteiger partial charge in [-0.3, -0.25) is 14.7 Å². The Balaban J connectivity index is 1.46. The van der Waals surface area contributed by atoms with Gasteiger partial charge < -0.3 is 19.6 Å². The number of aromatic nitrogens is 4. The molecule has 3 aromatic heterocycles. The Kier molecular flexibility index (Phi) is 6.81. The first-order chi connectivity index (χ1) is 17.5. The molecule has 2 N–H and O–H groups in total. The standard InChI is InChI=1S/C27H30N6O3/c1-19-7-8-21-22(33(19)27(35)36)9-10-23-26(21)30-24(11-15-31-14-3-2-6-25(31)34)32(23)16-13-29-18-20-5-4-12-28-17-20/h2-6,9-10,12,14,17,19,29H,7-8,11,13,15-16,18H2,1H3,(H,35,36)/t19-/m0/s1. The number of imidazole rings is 1. The van der Waals surface area contributed by atoms with E-state index >= 15 is 0 Å². The number of hydrogen-bond donors (Lipinski definition) is 2. The molecule has 5 rings (SSSR count). The van der Waals surface area contributed by atoms with Crippen molar-refractivity contribution in [3.05, 3.63) is 88.4 Å². The summed E-state index contributed by atoms with van der Waals surface area (Å²) < 4.78 is 3.89. The molecule has 36 heavy (non-hydrogen) atoms. The van der Waals surface area contributed by atoms with Crippen LogP contribution in [-0.4, -0.2) is 42.9 Å². The molecule has 0 radical (unpaired) electrons. The SMILES string of the molecule is C[C@H]1CCc2c(ccc3c2nc(CCn2ccccc2=O)n3CCNCc2cccnc2)N1C(=O)O. The topological polar surface area (TPSA) is 105 Å². The summed E-state index contributed by atoms with van der Waals surface area (Å²) in [5, 5.41) is 13.3. The van der Waals surface area contributed by atoms with Crippen molar-refractivity contribution in [3.8, 4) is 0 Å². The van der Waals surface area contributed by atoms with Crippen LogP contribution in [-0.2, 0) is 32.5 Å². The number of carbonyl (C=O) groups is 1. The van der Waals surface area contributed by atoms with Crippen LogP contribution in [0.1, 0.15) is 30.3 Å². The van der Waals surface area contributed by atoms with Crippen LogP contribution in [0.2, 0.25) is 0 Å². The first kappa shape index (κ1) is 23.7. The molecule has 4 heterocycles. The smallest absolute Gasteiger partial charge is 0.412 e. The average molecular weight is 487 g/mol. The van der Waals surface area contributed by atoms with Gasteiger partial charge in [0.2, 0.25) is 0 Å². The fourth-order valence-electron chi connectivity index (χ4n) is 5.00. The summed E-state index contributed by atoms with van der Waals surface area (Å²) >= 11 is 0. The Labute approximate surface area is 209 Å². The molecule has 0 saturated heterocycles. The fraction of sp³-hybridized carbons (Fsp3) is 0.333. The van der Waals surface area contributed by atoms with Crippen LogP contribution in [0.15, 0.2) is 65.8 Å². The van der Waals surface area contributed by atoms with Gasteiger partial charge in [-0.1, -0.05) is 12.1 Å². The lowest BCUT2D eigenvalue weighted by Crippen LogP contribution is -2.41. The van der Waals surface area contributed by atoms with Gasteiger partial charge in [-0.05, 0) is 49.6 Å². The maximum Gasteiger partial charge on any atom is 0.412 e. The van der Waals surface area contributed by atoms with Gasteiger partial charge in [0.1, 0.15) is 5.82 Å². The summed E-state index contributed by atoms with van der Waals surface area (Å²) in [5.74, 6) is 0.887. The molecule has 0 spiro atoms. The molecule has 4 aromatic rings. The van der Waals surface area contributed by atoms with E-state index < -0.39 is 6.09 Å². The van der Waals surface area contributed by atoms with Gasteiger partial charge >= 0.3 is 6.09 Å². The van der Waals surface area contributed by atoms with Gasteiger partial charge in [-0.15, -0.1) is 0 Å². The molecule has 1 aliphatic rings. The zero-order valence-corrected chi connectivity index (χ0v) is 20.3. The Bertz CT molecular complexity index is 1430. The molecule has 1 amide bonds. The van der Waals surface area contributed by atoms with Crippen LogP contribution < -0.4 is 15.8 Å². The first-order valence-electron chi connectivity index (χ1n) is 12.3. The molecule has 1 atom stereocenters. The van der Waals surface area contributed by atoms with Crippen molar-refractivity contribution in [1.82, 2.24) is 24.4 Å². The number of aryl methyl sites for hydroxylation is 3. The molecule has 0 aliphatic carbocycles. The third kappa shape index (κ3) is 4.74. The molecule has 0 unspecified atom stereocenters. The van der Waals surface area contributed by atoms with E-state index in [-0.39, 0.29) is 11.6 Å². The molecule has 186 valence electrons. The van der Waals surface area contributed by atoms with E-state index in [1.54, 1.807) is 29.1 Å². The largest absolute Gasteiger partial charge is 0.465 e. The second-order valence-electron chi connectivity index (χ2n) is 9.17. The Hall–Kier alpha value is -3.98. The number of pyridine rings is 2. The monoisotopic (exact) mass is 486 g/mol. The number of amides is 1. The van der Waals surface area contributed by atoms with Crippen LogP contribution >= 0.6 is 0 Å². The maximum absolute atomic E-state index is 12.2. The first-order valence-corrected chi connectivity index (χ1v) is 12.3. The lowest BCUT2D eigenvalue weighted by Gasteiger charge is -2.33. The van der Waals surface area contributed by atoms with Crippen LogP contribution in [0, 0.1) is 0 Å². The van der Waals surface area contributed by atoms with Crippen LogP contribution in [0.4, 0.5) is 10.5 Å². The lowest BCUT2D eigenvalue weighted by molar-refractivity contribution is 0.198. The predicted molar refractivity (Wildman–Crippen MR) is 138 cm³/mol. The molecule has 1 aliphatic heterocycles. The van der Waals surface area contributed by atoms with Crippen LogP contribution in [0.3, 0.4) is 0 Å². The molecule has 9 heteroatoms. The fourth-order valence-corrected chi connectivity index (χ4v) is 5.00. The summed E-state index contributed by atoms with van der Waals surface area (Å²) in [5.41, 5.74) is 4.63. The van der Waals surface area contributed by atoms with E-state index in [1.165, 1.54) is 4.90 Å². The summed E-state index contributed by atoms with van der Waals surface area (Å²) in [6, 6.07) is 12.9. The quantitative estimate of drug-likeness (QED) is 0.370. The molecular formula is C27H30N6O3. The number of nitrogens with zero attached hydrogens (tertiary/aromatic N) is 5. The number of carboxylic acid groups (broad SMARTS) is 1. The van der Waals surface area contributed by atoms with Crippen LogP contribution in [0.25, 0.3) is 11.0 Å². The highest BCUT2D eigenvalue weighted by Gasteiger charge is 2.30. The van der Waals surface area contributed by atoms with E-state index in [1.807, 2.05) is 43.5 Å². The van der Waals surface area contributed by atoms with E-state index in [4.69, 9.17) is 4.98 Å². The highest BCUT2D eigenvalue weighted by molar-refractivity contribution is 5.94. The number of benzene rings is 1. The average Bonchev–Trinajstić information content (AvgIpc) is 3.24. The Morgan fingerprint density at radius 1 is 1.17 bits per heavy atom. The second kappa shape index (κ2) is 10.3. The van der Waals surface area contributed by atoms with E-state index in [2.05, 4.69) is 14.9 Å². The molecule has 0 saturated carbocycles. The number of anilines is 1. The van der Waals surface area contributed by atoms with Gasteiger partial charge in [-0.25, -0.2) is 9.78 Å². The number of fused-ring (bicyclic) bond motifs is 3. The zero-order valence-electron chi connectivity index (χ0n) is 20.3. The predicted octanol–water partition coefficient (Wildman–Crippen LogP) is 3.44. The number of rotatable bonds is 8. The van der Waals surface area contributed by atoms with Gasteiger partial charge in [0.25, 0.3) is 5.56 Å². The molecule has 9 nitrogen and oxygen atoms in total. The van der Waals surface area contributed by atoms with Crippen molar-refractivity contribution in [2.75, 3.05) is 11.4 Å². The highest BCUT2D eigenvalue weighted by Crippen LogP contribution is 2.36. The van der Waals surface area contributed by atoms with E-state index in [0.29, 0.717) is 19.5 Å². The number of nitrogens with one attached hydrogen (secondary N) is 1. The summed E-state index contributed by atoms with van der Waals surface area (Å²) in [4.78, 5) is 34.8. The normalized spacial score (nSPS) is 15.2. The second-order valence-corrected chi connectivity index (χ2v) is 9.17. The third-order valence-corrected chi connectivity index (χ3v) is 6.84. The van der Waals surface area contributed by atoms with Crippen molar-refractivity contribution in [2.24, 2.45) is 0 Å². The molecule has 1 aromatic carbocycles. The van der Waals surface area contributed by atoms with Crippen molar-refractivity contribution < 1.29 is 9.90 Å². The van der Waals surface area contributed by atoms with E-state index in [9.17, 15) is 14.7 Å². The van der Waals surface area contributed by atoms with Gasteiger partial charge in [0, 0.05) is 68.9 Å². The van der Waals surface area contributed by atoms with Gasteiger partial charge in [-0.2, -0.15) is 0 Å². The third-order valence-electron chi connectivity index (χ3n) is 6.84. The molecule has 0 bridgehead atoms.